The van der Waals surface area contributed by atoms with Crippen molar-refractivity contribution in [2.45, 2.75) is 52.9 Å². The van der Waals surface area contributed by atoms with Crippen LogP contribution in [0.15, 0.2) is 35.5 Å². The molecule has 2 heteroatoms. The molecule has 0 aromatic heterocycles. The molecule has 0 saturated heterocycles. The smallest absolute Gasteiger partial charge is 0.307 e. The highest BCUT2D eigenvalue weighted by Gasteiger charge is 2.00. The molecule has 0 aliphatic heterocycles. The molecule has 0 aromatic carbocycles. The minimum atomic E-state index is -0.792. The average molecular weight is 236 g/mol. The largest absolute Gasteiger partial charge is 0.481 e. The summed E-state index contributed by atoms with van der Waals surface area (Å²) in [5.74, 6) is -0.792. The Morgan fingerprint density at radius 3 is 2.24 bits per heavy atom. The van der Waals surface area contributed by atoms with Gasteiger partial charge in [-0.05, 0) is 46.5 Å². The first-order chi connectivity index (χ1) is 7.91. The summed E-state index contributed by atoms with van der Waals surface area (Å²) in [5.41, 5.74) is 3.52. The van der Waals surface area contributed by atoms with Crippen LogP contribution in [-0.2, 0) is 4.79 Å². The molecule has 0 fully saturated rings. The molecule has 0 amide bonds. The normalized spacial score (nSPS) is 11.1. The Morgan fingerprint density at radius 2 is 1.71 bits per heavy atom. The summed E-state index contributed by atoms with van der Waals surface area (Å²) < 4.78 is 0. The Bertz CT molecular complexity index is 318. The van der Waals surface area contributed by atoms with Crippen LogP contribution in [0.25, 0.3) is 0 Å². The van der Waals surface area contributed by atoms with Crippen LogP contribution in [0.5, 0.6) is 0 Å². The fraction of sp³-hybridized carbons (Fsp3) is 0.533. The van der Waals surface area contributed by atoms with E-state index >= 15 is 0 Å². The fourth-order valence-electron chi connectivity index (χ4n) is 1.52. The molecule has 0 rings (SSSR count). The number of carbonyl (C=O) groups is 1. The molecule has 0 unspecified atom stereocenters. The molecule has 0 bridgehead atoms. The van der Waals surface area contributed by atoms with Crippen molar-refractivity contribution in [3.63, 3.8) is 0 Å². The molecule has 0 saturated carbocycles. The number of carboxylic acids is 1. The zero-order chi connectivity index (χ0) is 13.3. The predicted octanol–water partition coefficient (Wildman–Crippen LogP) is 4.49. The van der Waals surface area contributed by atoms with E-state index in [9.17, 15) is 4.79 Å². The van der Waals surface area contributed by atoms with E-state index in [2.05, 4.69) is 39.5 Å². The van der Waals surface area contributed by atoms with Gasteiger partial charge >= 0.3 is 5.97 Å². The van der Waals surface area contributed by atoms with Crippen molar-refractivity contribution >= 4 is 5.97 Å². The lowest BCUT2D eigenvalue weighted by Crippen LogP contribution is -1.96. The highest BCUT2D eigenvalue weighted by molar-refractivity contribution is 5.69. The van der Waals surface area contributed by atoms with Gasteiger partial charge in [-0.2, -0.15) is 0 Å². The third kappa shape index (κ3) is 11.0. The zero-order valence-electron chi connectivity index (χ0n) is 11.3. The van der Waals surface area contributed by atoms with Gasteiger partial charge in [0.1, 0.15) is 0 Å². The van der Waals surface area contributed by atoms with Crippen molar-refractivity contribution in [1.29, 1.82) is 0 Å². The van der Waals surface area contributed by atoms with Gasteiger partial charge in [0.2, 0.25) is 0 Å². The van der Waals surface area contributed by atoms with Crippen LogP contribution in [0.1, 0.15) is 52.9 Å². The maximum atomic E-state index is 10.4. The van der Waals surface area contributed by atoms with Gasteiger partial charge < -0.3 is 5.11 Å². The number of allylic oxidation sites excluding steroid dienone is 4. The third-order valence-corrected chi connectivity index (χ3v) is 2.48. The Hall–Kier alpha value is -1.31. The number of hydrogen-bond donors (Lipinski definition) is 1. The molecular weight excluding hydrogens is 212 g/mol. The Morgan fingerprint density at radius 1 is 1.12 bits per heavy atom. The van der Waals surface area contributed by atoms with Gasteiger partial charge in [-0.1, -0.05) is 35.5 Å². The molecule has 0 radical (unpaired) electrons. The highest BCUT2D eigenvalue weighted by atomic mass is 16.4. The molecule has 2 nitrogen and oxygen atoms in total. The number of rotatable bonds is 8. The zero-order valence-corrected chi connectivity index (χ0v) is 11.3. The molecule has 17 heavy (non-hydrogen) atoms. The third-order valence-electron chi connectivity index (χ3n) is 2.48. The van der Waals surface area contributed by atoms with Crippen molar-refractivity contribution in [1.82, 2.24) is 0 Å². The summed E-state index contributed by atoms with van der Waals surface area (Å²) in [7, 11) is 0. The fourth-order valence-corrected chi connectivity index (χ4v) is 1.52. The monoisotopic (exact) mass is 236 g/mol. The number of carboxylic acid groups (broad SMARTS) is 1. The van der Waals surface area contributed by atoms with Crippen LogP contribution in [-0.4, -0.2) is 11.1 Å². The van der Waals surface area contributed by atoms with Crippen LogP contribution in [0.2, 0.25) is 0 Å². The summed E-state index contributed by atoms with van der Waals surface area (Å²) in [6, 6.07) is 0. The summed E-state index contributed by atoms with van der Waals surface area (Å²) >= 11 is 0. The Balaban J connectivity index is 3.80. The second kappa shape index (κ2) is 8.80. The van der Waals surface area contributed by atoms with E-state index in [1.807, 2.05) is 0 Å². The van der Waals surface area contributed by atoms with E-state index in [0.717, 1.165) is 31.3 Å². The highest BCUT2D eigenvalue weighted by Crippen LogP contribution is 2.12. The lowest BCUT2D eigenvalue weighted by molar-refractivity contribution is -0.136. The summed E-state index contributed by atoms with van der Waals surface area (Å²) in [4.78, 5) is 10.4. The minimum Gasteiger partial charge on any atom is -0.481 e. The van der Waals surface area contributed by atoms with Gasteiger partial charge in [0, 0.05) is 0 Å². The molecule has 0 aliphatic carbocycles. The average Bonchev–Trinajstić information content (AvgIpc) is 2.15. The number of hydrogen-bond acceptors (Lipinski definition) is 1. The van der Waals surface area contributed by atoms with Gasteiger partial charge in [0.25, 0.3) is 0 Å². The molecule has 0 atom stereocenters. The quantitative estimate of drug-likeness (QED) is 0.630. The standard InChI is InChI=1S/C15H24O2/c1-12(2)7-5-8-13(3)9-6-10-14(4)11-15(16)17/h7,9H,4-6,8,10-11H2,1-3H3,(H,16,17)/b13-9+. The van der Waals surface area contributed by atoms with Crippen LogP contribution in [0.4, 0.5) is 0 Å². The summed E-state index contributed by atoms with van der Waals surface area (Å²) in [6.07, 6.45) is 8.34. The maximum absolute atomic E-state index is 10.4. The summed E-state index contributed by atoms with van der Waals surface area (Å²) in [5, 5.41) is 8.58. The SMILES string of the molecule is C=C(CC/C=C(\C)CCC=C(C)C)CC(=O)O. The van der Waals surface area contributed by atoms with Gasteiger partial charge in [0.05, 0.1) is 6.42 Å². The van der Waals surface area contributed by atoms with E-state index in [1.165, 1.54) is 11.1 Å². The molecular formula is C15H24O2. The molecule has 0 aliphatic rings. The van der Waals surface area contributed by atoms with Crippen LogP contribution in [0, 0.1) is 0 Å². The maximum Gasteiger partial charge on any atom is 0.307 e. The van der Waals surface area contributed by atoms with Crippen molar-refractivity contribution in [2.75, 3.05) is 0 Å². The Kier molecular flexibility index (Phi) is 8.12. The molecule has 1 N–H and O–H groups in total. The second-order valence-electron chi connectivity index (χ2n) is 4.73. The van der Waals surface area contributed by atoms with E-state index in [-0.39, 0.29) is 6.42 Å². The lowest BCUT2D eigenvalue weighted by atomic mass is 10.1. The van der Waals surface area contributed by atoms with Crippen molar-refractivity contribution in [3.05, 3.63) is 35.5 Å². The van der Waals surface area contributed by atoms with Gasteiger partial charge in [0.15, 0.2) is 0 Å². The van der Waals surface area contributed by atoms with Crippen LogP contribution in [0.3, 0.4) is 0 Å². The lowest BCUT2D eigenvalue weighted by Gasteiger charge is -2.01. The van der Waals surface area contributed by atoms with E-state index < -0.39 is 5.97 Å². The molecule has 96 valence electrons. The first-order valence-corrected chi connectivity index (χ1v) is 6.09. The first-order valence-electron chi connectivity index (χ1n) is 6.09. The van der Waals surface area contributed by atoms with E-state index in [1.54, 1.807) is 0 Å². The molecule has 0 heterocycles. The predicted molar refractivity (Wildman–Crippen MR) is 73.0 cm³/mol. The van der Waals surface area contributed by atoms with Crippen molar-refractivity contribution in [3.8, 4) is 0 Å². The second-order valence-corrected chi connectivity index (χ2v) is 4.73. The van der Waals surface area contributed by atoms with Crippen molar-refractivity contribution < 1.29 is 9.90 Å². The van der Waals surface area contributed by atoms with Gasteiger partial charge in [-0.15, -0.1) is 0 Å². The van der Waals surface area contributed by atoms with Crippen molar-refractivity contribution in [2.24, 2.45) is 0 Å². The van der Waals surface area contributed by atoms with E-state index in [4.69, 9.17) is 5.11 Å². The van der Waals surface area contributed by atoms with Gasteiger partial charge in [-0.25, -0.2) is 0 Å². The molecule has 0 spiro atoms. The molecule has 0 aromatic rings. The number of aliphatic carboxylic acids is 1. The minimum absolute atomic E-state index is 0.0880. The van der Waals surface area contributed by atoms with Gasteiger partial charge in [-0.3, -0.25) is 4.79 Å². The Labute approximate surface area is 105 Å². The first kappa shape index (κ1) is 15.7. The summed E-state index contributed by atoms with van der Waals surface area (Å²) in [6.45, 7) is 10.1. The van der Waals surface area contributed by atoms with E-state index in [0.29, 0.717) is 0 Å². The van der Waals surface area contributed by atoms with Crippen LogP contribution >= 0.6 is 0 Å². The van der Waals surface area contributed by atoms with Crippen LogP contribution < -0.4 is 0 Å². The topological polar surface area (TPSA) is 37.3 Å².